The van der Waals surface area contributed by atoms with Crippen molar-refractivity contribution in [2.75, 3.05) is 11.9 Å². The Labute approximate surface area is 149 Å². The van der Waals surface area contributed by atoms with E-state index in [4.69, 9.17) is 16.3 Å². The van der Waals surface area contributed by atoms with Crippen LogP contribution in [0.5, 0.6) is 5.75 Å². The summed E-state index contributed by atoms with van der Waals surface area (Å²) in [5.74, 6) is -0.916. The summed E-state index contributed by atoms with van der Waals surface area (Å²) < 4.78 is 44.3. The van der Waals surface area contributed by atoms with E-state index in [1.807, 2.05) is 0 Å². The second-order valence-electron chi connectivity index (χ2n) is 4.96. The number of nitro benzene ring substituents is 1. The van der Waals surface area contributed by atoms with E-state index in [1.54, 1.807) is 6.92 Å². The summed E-state index contributed by atoms with van der Waals surface area (Å²) in [6, 6.07) is 3.65. The third-order valence-electron chi connectivity index (χ3n) is 3.20. The summed E-state index contributed by atoms with van der Waals surface area (Å²) >= 11 is 5.63. The molecule has 1 amide bonds. The molecule has 2 aromatic rings. The number of benzene rings is 1. The lowest BCUT2D eigenvalue weighted by atomic mass is 10.2. The van der Waals surface area contributed by atoms with Gasteiger partial charge in [-0.2, -0.15) is 18.3 Å². The van der Waals surface area contributed by atoms with Gasteiger partial charge in [0.2, 0.25) is 0 Å². The Hall–Kier alpha value is -2.82. The van der Waals surface area contributed by atoms with E-state index >= 15 is 0 Å². The van der Waals surface area contributed by atoms with Crippen molar-refractivity contribution in [3.05, 3.63) is 44.7 Å². The summed E-state index contributed by atoms with van der Waals surface area (Å²) in [5, 5.41) is 15.9. The van der Waals surface area contributed by atoms with E-state index in [0.29, 0.717) is 4.68 Å². The maximum absolute atomic E-state index is 12.9. The number of carbonyl (C=O) groups excluding carboxylic acids is 1. The highest BCUT2D eigenvalue weighted by Crippen LogP contribution is 2.36. The lowest BCUT2D eigenvalue weighted by Gasteiger charge is -2.08. The summed E-state index contributed by atoms with van der Waals surface area (Å²) in [6.45, 7) is 1.95. The first-order chi connectivity index (χ1) is 12.1. The highest BCUT2D eigenvalue weighted by atomic mass is 35.5. The second-order valence-corrected chi connectivity index (χ2v) is 5.33. The number of aromatic nitrogens is 2. The Bertz CT molecular complexity index is 867. The van der Waals surface area contributed by atoms with Gasteiger partial charge in [-0.1, -0.05) is 11.6 Å². The average Bonchev–Trinajstić information content (AvgIpc) is 2.83. The van der Waals surface area contributed by atoms with Crippen LogP contribution in [0.1, 0.15) is 23.1 Å². The molecule has 2 rings (SSSR count). The van der Waals surface area contributed by atoms with Gasteiger partial charge in [-0.25, -0.2) is 0 Å². The summed E-state index contributed by atoms with van der Waals surface area (Å²) in [7, 11) is 0.977. The number of ether oxygens (including phenoxy) is 1. The van der Waals surface area contributed by atoms with Gasteiger partial charge in [0.1, 0.15) is 16.5 Å². The van der Waals surface area contributed by atoms with Crippen molar-refractivity contribution in [3.8, 4) is 5.75 Å². The molecule has 0 spiro atoms. The first-order valence-electron chi connectivity index (χ1n) is 7.08. The van der Waals surface area contributed by atoms with Crippen LogP contribution in [-0.2, 0) is 13.2 Å². The minimum Gasteiger partial charge on any atom is -0.494 e. The Kier molecular flexibility index (Phi) is 5.40. The van der Waals surface area contributed by atoms with Gasteiger partial charge in [0.25, 0.3) is 11.6 Å². The topological polar surface area (TPSA) is 99.3 Å². The number of nitrogens with one attached hydrogen (secondary N) is 1. The molecule has 1 N–H and O–H groups in total. The predicted molar refractivity (Wildman–Crippen MR) is 85.4 cm³/mol. The van der Waals surface area contributed by atoms with Crippen LogP contribution in [0.3, 0.4) is 0 Å². The van der Waals surface area contributed by atoms with E-state index in [2.05, 4.69) is 10.4 Å². The lowest BCUT2D eigenvalue weighted by molar-refractivity contribution is -0.384. The Balaban J connectivity index is 2.38. The molecule has 0 bridgehead atoms. The molecule has 12 heteroatoms. The Morgan fingerprint density at radius 2 is 2.12 bits per heavy atom. The number of aryl methyl sites for hydroxylation is 1. The van der Waals surface area contributed by atoms with Gasteiger partial charge < -0.3 is 10.1 Å². The molecule has 0 unspecified atom stereocenters. The van der Waals surface area contributed by atoms with Crippen LogP contribution in [-0.4, -0.2) is 27.2 Å². The molecule has 8 nitrogen and oxygen atoms in total. The maximum atomic E-state index is 12.9. The summed E-state index contributed by atoms with van der Waals surface area (Å²) in [5.41, 5.74) is -2.73. The second kappa shape index (κ2) is 7.20. The molecule has 140 valence electrons. The normalized spacial score (nSPS) is 11.3. The van der Waals surface area contributed by atoms with Crippen molar-refractivity contribution < 1.29 is 27.6 Å². The zero-order chi connectivity index (χ0) is 19.6. The lowest BCUT2D eigenvalue weighted by Crippen LogP contribution is -2.14. The molecular weight excluding hydrogens is 381 g/mol. The number of nitrogens with zero attached hydrogens (tertiary/aromatic N) is 3. The van der Waals surface area contributed by atoms with Crippen molar-refractivity contribution in [2.24, 2.45) is 7.05 Å². The summed E-state index contributed by atoms with van der Waals surface area (Å²) in [4.78, 5) is 22.6. The smallest absolute Gasteiger partial charge is 0.434 e. The van der Waals surface area contributed by atoms with Crippen LogP contribution in [0.4, 0.5) is 24.5 Å². The molecule has 0 aliphatic rings. The first kappa shape index (κ1) is 19.5. The van der Waals surface area contributed by atoms with E-state index < -0.39 is 39.1 Å². The van der Waals surface area contributed by atoms with Gasteiger partial charge >= 0.3 is 6.18 Å². The zero-order valence-electron chi connectivity index (χ0n) is 13.4. The molecule has 0 aliphatic carbocycles. The molecule has 0 saturated carbocycles. The number of anilines is 1. The number of nitro groups is 1. The third-order valence-corrected chi connectivity index (χ3v) is 3.56. The van der Waals surface area contributed by atoms with Crippen LogP contribution < -0.4 is 10.1 Å². The van der Waals surface area contributed by atoms with Gasteiger partial charge in [-0.05, 0) is 19.1 Å². The molecular formula is C14H12ClF3N4O4. The van der Waals surface area contributed by atoms with Gasteiger partial charge in [0.15, 0.2) is 11.4 Å². The van der Waals surface area contributed by atoms with Crippen LogP contribution >= 0.6 is 11.6 Å². The molecule has 1 heterocycles. The molecule has 0 atom stereocenters. The van der Waals surface area contributed by atoms with Crippen molar-refractivity contribution in [1.29, 1.82) is 0 Å². The highest BCUT2D eigenvalue weighted by molar-refractivity contribution is 6.34. The molecule has 0 saturated heterocycles. The monoisotopic (exact) mass is 392 g/mol. The van der Waals surface area contributed by atoms with E-state index in [9.17, 15) is 28.1 Å². The zero-order valence-corrected chi connectivity index (χ0v) is 14.2. The highest BCUT2D eigenvalue weighted by Gasteiger charge is 2.40. The van der Waals surface area contributed by atoms with Gasteiger partial charge in [-0.3, -0.25) is 19.6 Å². The SMILES string of the molecule is CCOc1ccc(NC(=O)c2nn(C)c(C(F)(F)F)c2Cl)c([N+](=O)[O-])c1. The van der Waals surface area contributed by atoms with Crippen LogP contribution in [0, 0.1) is 10.1 Å². The number of rotatable bonds is 5. The fourth-order valence-corrected chi connectivity index (χ4v) is 2.51. The largest absolute Gasteiger partial charge is 0.494 e. The molecule has 0 aliphatic heterocycles. The van der Waals surface area contributed by atoms with Crippen LogP contribution in [0.2, 0.25) is 5.02 Å². The maximum Gasteiger partial charge on any atom is 0.434 e. The van der Waals surface area contributed by atoms with Crippen LogP contribution in [0.15, 0.2) is 18.2 Å². The minimum atomic E-state index is -4.82. The quantitative estimate of drug-likeness (QED) is 0.618. The van der Waals surface area contributed by atoms with Gasteiger partial charge in [-0.15, -0.1) is 0 Å². The number of carbonyl (C=O) groups is 1. The van der Waals surface area contributed by atoms with Crippen LogP contribution in [0.25, 0.3) is 0 Å². The molecule has 1 aromatic heterocycles. The standard InChI is InChI=1S/C14H12ClF3N4O4/c1-3-26-7-4-5-8(9(6-7)22(24)25)19-13(23)11-10(15)12(14(16,17)18)21(2)20-11/h4-6H,3H2,1-2H3,(H,19,23). The summed E-state index contributed by atoms with van der Waals surface area (Å²) in [6.07, 6.45) is -4.82. The fraction of sp³-hybridized carbons (Fsp3) is 0.286. The molecule has 0 fully saturated rings. The van der Waals surface area contributed by atoms with E-state index in [-0.39, 0.29) is 18.0 Å². The number of halogens is 4. The van der Waals surface area contributed by atoms with E-state index in [0.717, 1.165) is 13.1 Å². The Morgan fingerprint density at radius 3 is 2.62 bits per heavy atom. The van der Waals surface area contributed by atoms with Crippen molar-refractivity contribution in [1.82, 2.24) is 9.78 Å². The number of amides is 1. The fourth-order valence-electron chi connectivity index (χ4n) is 2.16. The molecule has 26 heavy (non-hydrogen) atoms. The van der Waals surface area contributed by atoms with Crippen molar-refractivity contribution in [3.63, 3.8) is 0 Å². The number of hydrogen-bond acceptors (Lipinski definition) is 5. The first-order valence-corrected chi connectivity index (χ1v) is 7.46. The average molecular weight is 393 g/mol. The third kappa shape index (κ3) is 3.87. The van der Waals surface area contributed by atoms with Gasteiger partial charge in [0, 0.05) is 7.05 Å². The molecule has 0 radical (unpaired) electrons. The van der Waals surface area contributed by atoms with E-state index in [1.165, 1.54) is 12.1 Å². The Morgan fingerprint density at radius 1 is 1.46 bits per heavy atom. The van der Waals surface area contributed by atoms with Crippen molar-refractivity contribution in [2.45, 2.75) is 13.1 Å². The van der Waals surface area contributed by atoms with Gasteiger partial charge in [0.05, 0.1) is 17.6 Å². The van der Waals surface area contributed by atoms with Crippen molar-refractivity contribution >= 4 is 28.9 Å². The number of hydrogen-bond donors (Lipinski definition) is 1. The predicted octanol–water partition coefficient (Wildman–Crippen LogP) is 3.65. The molecule has 1 aromatic carbocycles. The minimum absolute atomic E-state index is 0.201. The number of alkyl halides is 3.